The molecule has 23 heavy (non-hydrogen) atoms. The van der Waals surface area contributed by atoms with Crippen LogP contribution in [0.1, 0.15) is 54.9 Å². The molecule has 3 rings (SSSR count). The summed E-state index contributed by atoms with van der Waals surface area (Å²) >= 11 is 0. The van der Waals surface area contributed by atoms with Crippen LogP contribution in [0.15, 0.2) is 54.1 Å². The molecule has 1 aliphatic rings. The Morgan fingerprint density at radius 2 is 1.78 bits per heavy atom. The number of hydrogen-bond acceptors (Lipinski definition) is 1. The summed E-state index contributed by atoms with van der Waals surface area (Å²) in [6.07, 6.45) is 7.09. The molecule has 0 radical (unpaired) electrons. The highest BCUT2D eigenvalue weighted by Crippen LogP contribution is 2.43. The van der Waals surface area contributed by atoms with Gasteiger partial charge < -0.3 is 5.11 Å². The maximum atomic E-state index is 11.6. The monoisotopic (exact) mass is 306 g/mol. The van der Waals surface area contributed by atoms with Gasteiger partial charge in [-0.2, -0.15) is 0 Å². The van der Waals surface area contributed by atoms with Gasteiger partial charge in [-0.05, 0) is 48.4 Å². The van der Waals surface area contributed by atoms with Crippen molar-refractivity contribution in [2.45, 2.75) is 51.6 Å². The molecule has 1 aliphatic carbocycles. The van der Waals surface area contributed by atoms with Gasteiger partial charge in [0.1, 0.15) is 5.60 Å². The fraction of sp³-hybridized carbons (Fsp3) is 0.364. The molecule has 0 aromatic heterocycles. The number of unbranched alkanes of at least 4 members (excludes halogenated alkanes) is 1. The summed E-state index contributed by atoms with van der Waals surface area (Å²) in [7, 11) is 0. The van der Waals surface area contributed by atoms with Gasteiger partial charge >= 0.3 is 0 Å². The standard InChI is InChI=1S/C22H26O/c1-3-4-15-22(23)20(16-18-11-9-17(2)10-12-18)14-13-19-7-5-6-8-21(19)22/h5-12,16,23H,3-4,13-15H2,1-2H3/b20-16+/t22-/m1/s1. The fourth-order valence-electron chi connectivity index (χ4n) is 3.57. The molecule has 0 unspecified atom stereocenters. The highest BCUT2D eigenvalue weighted by Gasteiger charge is 2.37. The van der Waals surface area contributed by atoms with E-state index in [-0.39, 0.29) is 0 Å². The van der Waals surface area contributed by atoms with E-state index in [1.165, 1.54) is 16.7 Å². The molecule has 120 valence electrons. The lowest BCUT2D eigenvalue weighted by Crippen LogP contribution is -2.33. The lowest BCUT2D eigenvalue weighted by molar-refractivity contribution is 0.0564. The van der Waals surface area contributed by atoms with Crippen molar-refractivity contribution in [1.82, 2.24) is 0 Å². The Morgan fingerprint density at radius 3 is 2.52 bits per heavy atom. The summed E-state index contributed by atoms with van der Waals surface area (Å²) in [6.45, 7) is 4.28. The minimum atomic E-state index is -0.810. The fourth-order valence-corrected chi connectivity index (χ4v) is 3.57. The predicted molar refractivity (Wildman–Crippen MR) is 97.3 cm³/mol. The Morgan fingerprint density at radius 1 is 1.04 bits per heavy atom. The third-order valence-electron chi connectivity index (χ3n) is 4.97. The third kappa shape index (κ3) is 3.25. The van der Waals surface area contributed by atoms with Crippen molar-refractivity contribution < 1.29 is 5.11 Å². The van der Waals surface area contributed by atoms with Gasteiger partial charge in [-0.25, -0.2) is 0 Å². The first-order chi connectivity index (χ1) is 11.1. The minimum absolute atomic E-state index is 0.804. The van der Waals surface area contributed by atoms with Gasteiger partial charge in [0.15, 0.2) is 0 Å². The zero-order valence-electron chi connectivity index (χ0n) is 14.2. The largest absolute Gasteiger partial charge is 0.381 e. The van der Waals surface area contributed by atoms with Gasteiger partial charge in [0.2, 0.25) is 0 Å². The Bertz CT molecular complexity index is 696. The van der Waals surface area contributed by atoms with Gasteiger partial charge in [0.25, 0.3) is 0 Å². The number of aryl methyl sites for hydroxylation is 2. The topological polar surface area (TPSA) is 20.2 Å². The average molecular weight is 306 g/mol. The SMILES string of the molecule is CCCC[C@@]1(O)/C(=C/c2ccc(C)cc2)CCc2ccccc21. The van der Waals surface area contributed by atoms with Crippen LogP contribution in [0, 0.1) is 6.92 Å². The summed E-state index contributed by atoms with van der Waals surface area (Å²) < 4.78 is 0. The van der Waals surface area contributed by atoms with Crippen molar-refractivity contribution in [3.63, 3.8) is 0 Å². The average Bonchev–Trinajstić information content (AvgIpc) is 2.58. The minimum Gasteiger partial charge on any atom is -0.381 e. The summed E-state index contributed by atoms with van der Waals surface area (Å²) in [4.78, 5) is 0. The first-order valence-electron chi connectivity index (χ1n) is 8.72. The molecular formula is C22H26O. The molecule has 1 heteroatoms. The van der Waals surface area contributed by atoms with Crippen molar-refractivity contribution in [2.75, 3.05) is 0 Å². The normalized spacial score (nSPS) is 22.1. The van der Waals surface area contributed by atoms with Gasteiger partial charge in [-0.15, -0.1) is 0 Å². The van der Waals surface area contributed by atoms with Crippen LogP contribution in [-0.4, -0.2) is 5.11 Å². The molecule has 0 aliphatic heterocycles. The highest BCUT2D eigenvalue weighted by molar-refractivity contribution is 5.59. The zero-order chi connectivity index (χ0) is 16.3. The number of rotatable bonds is 4. The van der Waals surface area contributed by atoms with Crippen LogP contribution in [0.5, 0.6) is 0 Å². The molecule has 0 fully saturated rings. The molecule has 2 aromatic rings. The number of aliphatic hydroxyl groups is 1. The van der Waals surface area contributed by atoms with E-state index in [0.717, 1.165) is 43.2 Å². The van der Waals surface area contributed by atoms with Crippen LogP contribution in [0.2, 0.25) is 0 Å². The predicted octanol–water partition coefficient (Wildman–Crippen LogP) is 5.40. The lowest BCUT2D eigenvalue weighted by atomic mass is 9.72. The Labute approximate surface area is 139 Å². The van der Waals surface area contributed by atoms with E-state index in [9.17, 15) is 5.11 Å². The molecule has 1 nitrogen and oxygen atoms in total. The number of benzene rings is 2. The molecule has 1 atom stereocenters. The van der Waals surface area contributed by atoms with Crippen LogP contribution >= 0.6 is 0 Å². The molecule has 0 heterocycles. The molecule has 1 N–H and O–H groups in total. The summed E-state index contributed by atoms with van der Waals surface area (Å²) in [6, 6.07) is 16.9. The Kier molecular flexibility index (Phi) is 4.68. The molecule has 0 bridgehead atoms. The van der Waals surface area contributed by atoms with E-state index in [1.807, 2.05) is 6.07 Å². The maximum absolute atomic E-state index is 11.6. The molecule has 0 saturated carbocycles. The van der Waals surface area contributed by atoms with E-state index in [0.29, 0.717) is 0 Å². The number of fused-ring (bicyclic) bond motifs is 1. The second kappa shape index (κ2) is 6.72. The van der Waals surface area contributed by atoms with E-state index in [4.69, 9.17) is 0 Å². The first-order valence-corrected chi connectivity index (χ1v) is 8.72. The zero-order valence-corrected chi connectivity index (χ0v) is 14.2. The van der Waals surface area contributed by atoms with Gasteiger partial charge in [-0.1, -0.05) is 79.9 Å². The molecule has 0 amide bonds. The van der Waals surface area contributed by atoms with Gasteiger partial charge in [0, 0.05) is 0 Å². The van der Waals surface area contributed by atoms with Crippen molar-refractivity contribution in [3.05, 3.63) is 76.4 Å². The summed E-state index contributed by atoms with van der Waals surface area (Å²) in [5, 5.41) is 11.6. The molecule has 0 saturated heterocycles. The van der Waals surface area contributed by atoms with Crippen LogP contribution in [0.4, 0.5) is 0 Å². The number of hydrogen-bond donors (Lipinski definition) is 1. The summed E-state index contributed by atoms with van der Waals surface area (Å²) in [5.41, 5.74) is 5.21. The second-order valence-corrected chi connectivity index (χ2v) is 6.70. The van der Waals surface area contributed by atoms with E-state index in [1.54, 1.807) is 0 Å². The third-order valence-corrected chi connectivity index (χ3v) is 4.97. The lowest BCUT2D eigenvalue weighted by Gasteiger charge is -2.37. The molecule has 0 spiro atoms. The van der Waals surface area contributed by atoms with Gasteiger partial charge in [0.05, 0.1) is 0 Å². The quantitative estimate of drug-likeness (QED) is 0.801. The van der Waals surface area contributed by atoms with Crippen molar-refractivity contribution in [1.29, 1.82) is 0 Å². The molecule has 2 aromatic carbocycles. The Hall–Kier alpha value is -1.86. The van der Waals surface area contributed by atoms with Crippen LogP contribution in [0.3, 0.4) is 0 Å². The van der Waals surface area contributed by atoms with Crippen LogP contribution < -0.4 is 0 Å². The first kappa shape index (κ1) is 16.0. The van der Waals surface area contributed by atoms with Crippen molar-refractivity contribution >= 4 is 6.08 Å². The highest BCUT2D eigenvalue weighted by atomic mass is 16.3. The van der Waals surface area contributed by atoms with Crippen LogP contribution in [0.25, 0.3) is 6.08 Å². The maximum Gasteiger partial charge on any atom is 0.111 e. The van der Waals surface area contributed by atoms with E-state index < -0.39 is 5.60 Å². The smallest absolute Gasteiger partial charge is 0.111 e. The van der Waals surface area contributed by atoms with E-state index in [2.05, 4.69) is 62.4 Å². The van der Waals surface area contributed by atoms with Crippen LogP contribution in [-0.2, 0) is 12.0 Å². The molecular weight excluding hydrogens is 280 g/mol. The van der Waals surface area contributed by atoms with Gasteiger partial charge in [-0.3, -0.25) is 0 Å². The van der Waals surface area contributed by atoms with E-state index >= 15 is 0 Å². The van der Waals surface area contributed by atoms with Crippen molar-refractivity contribution in [3.8, 4) is 0 Å². The van der Waals surface area contributed by atoms with Crippen molar-refractivity contribution in [2.24, 2.45) is 0 Å². The summed E-state index contributed by atoms with van der Waals surface area (Å²) in [5.74, 6) is 0. The Balaban J connectivity index is 2.03. The second-order valence-electron chi connectivity index (χ2n) is 6.70.